The van der Waals surface area contributed by atoms with Gasteiger partial charge in [-0.05, 0) is 43.9 Å². The van der Waals surface area contributed by atoms with Crippen molar-refractivity contribution in [1.29, 1.82) is 0 Å². The van der Waals surface area contributed by atoms with E-state index in [4.69, 9.17) is 5.11 Å². The maximum Gasteiger partial charge on any atom is 0.337 e. The van der Waals surface area contributed by atoms with Crippen LogP contribution >= 0.6 is 0 Å². The molecule has 0 amide bonds. The molecule has 1 unspecified atom stereocenters. The largest absolute Gasteiger partial charge is 0.478 e. The Balaban J connectivity index is 2.63. The van der Waals surface area contributed by atoms with E-state index in [0.29, 0.717) is 5.69 Å². The van der Waals surface area contributed by atoms with Crippen LogP contribution in [0.3, 0.4) is 0 Å². The van der Waals surface area contributed by atoms with E-state index in [1.165, 1.54) is 6.07 Å². The second kappa shape index (κ2) is 3.72. The number of benzene rings is 1. The van der Waals surface area contributed by atoms with Crippen molar-refractivity contribution in [3.05, 3.63) is 29.1 Å². The summed E-state index contributed by atoms with van der Waals surface area (Å²) < 4.78 is 13.4. The first-order chi connectivity index (χ1) is 7.80. The van der Waals surface area contributed by atoms with Crippen molar-refractivity contribution >= 4 is 11.7 Å². The van der Waals surface area contributed by atoms with Crippen LogP contribution in [-0.4, -0.2) is 16.6 Å². The molecular formula is C13H16FNO2. The Morgan fingerprint density at radius 3 is 2.76 bits per heavy atom. The van der Waals surface area contributed by atoms with Gasteiger partial charge in [-0.3, -0.25) is 0 Å². The Kier molecular flexibility index (Phi) is 2.60. The first-order valence-electron chi connectivity index (χ1n) is 5.65. The summed E-state index contributed by atoms with van der Waals surface area (Å²) in [5.74, 6) is -1.44. The van der Waals surface area contributed by atoms with Crippen LogP contribution in [0, 0.1) is 5.82 Å². The maximum atomic E-state index is 13.4. The zero-order chi connectivity index (χ0) is 12.8. The average Bonchev–Trinajstić information content (AvgIpc) is 2.17. The molecule has 0 spiro atoms. The number of carbonyl (C=O) groups is 1. The second-order valence-corrected chi connectivity index (χ2v) is 5.34. The Morgan fingerprint density at radius 1 is 1.53 bits per heavy atom. The summed E-state index contributed by atoms with van der Waals surface area (Å²) in [4.78, 5) is 11.1. The van der Waals surface area contributed by atoms with Crippen LogP contribution in [0.1, 0.15) is 49.0 Å². The third-order valence-corrected chi connectivity index (χ3v) is 3.17. The fourth-order valence-electron chi connectivity index (χ4n) is 2.59. The molecule has 1 atom stereocenters. The molecule has 0 saturated carbocycles. The lowest BCUT2D eigenvalue weighted by Gasteiger charge is -2.38. The van der Waals surface area contributed by atoms with Gasteiger partial charge in [0.2, 0.25) is 0 Å². The Labute approximate surface area is 99.7 Å². The molecule has 4 heteroatoms. The van der Waals surface area contributed by atoms with Crippen LogP contribution in [-0.2, 0) is 0 Å². The third-order valence-electron chi connectivity index (χ3n) is 3.17. The number of carboxylic acid groups (broad SMARTS) is 1. The quantitative estimate of drug-likeness (QED) is 0.788. The van der Waals surface area contributed by atoms with Crippen LogP contribution in [0.15, 0.2) is 12.1 Å². The van der Waals surface area contributed by atoms with Gasteiger partial charge in [0.15, 0.2) is 0 Å². The van der Waals surface area contributed by atoms with E-state index in [2.05, 4.69) is 5.32 Å². The minimum atomic E-state index is -1.10. The molecule has 0 bridgehead atoms. The van der Waals surface area contributed by atoms with E-state index in [1.807, 2.05) is 20.8 Å². The van der Waals surface area contributed by atoms with Crippen LogP contribution in [0.5, 0.6) is 0 Å². The van der Waals surface area contributed by atoms with Gasteiger partial charge in [-0.1, -0.05) is 6.92 Å². The zero-order valence-electron chi connectivity index (χ0n) is 10.2. The summed E-state index contributed by atoms with van der Waals surface area (Å²) in [5, 5.41) is 12.3. The predicted octanol–water partition coefficient (Wildman–Crippen LogP) is 3.22. The van der Waals surface area contributed by atoms with Crippen LogP contribution in [0.2, 0.25) is 0 Å². The highest BCUT2D eigenvalue weighted by Gasteiger charge is 2.32. The number of anilines is 1. The molecule has 0 saturated heterocycles. The van der Waals surface area contributed by atoms with Gasteiger partial charge in [-0.2, -0.15) is 0 Å². The number of carboxylic acids is 1. The predicted molar refractivity (Wildman–Crippen MR) is 64.1 cm³/mol. The minimum Gasteiger partial charge on any atom is -0.478 e. The number of aromatic carboxylic acids is 1. The molecule has 1 aromatic carbocycles. The zero-order valence-corrected chi connectivity index (χ0v) is 10.2. The Morgan fingerprint density at radius 2 is 2.18 bits per heavy atom. The lowest BCUT2D eigenvalue weighted by Crippen LogP contribution is -2.37. The molecule has 3 nitrogen and oxygen atoms in total. The van der Waals surface area contributed by atoms with Crippen LogP contribution in [0.25, 0.3) is 0 Å². The van der Waals surface area contributed by atoms with Crippen molar-refractivity contribution in [2.24, 2.45) is 0 Å². The van der Waals surface area contributed by atoms with Gasteiger partial charge in [0, 0.05) is 5.54 Å². The van der Waals surface area contributed by atoms with E-state index in [0.717, 1.165) is 18.1 Å². The first-order valence-corrected chi connectivity index (χ1v) is 5.65. The Bertz CT molecular complexity index is 483. The van der Waals surface area contributed by atoms with Gasteiger partial charge >= 0.3 is 5.97 Å². The van der Waals surface area contributed by atoms with Gasteiger partial charge in [-0.15, -0.1) is 0 Å². The van der Waals surface area contributed by atoms with E-state index in [9.17, 15) is 9.18 Å². The summed E-state index contributed by atoms with van der Waals surface area (Å²) in [7, 11) is 0. The van der Waals surface area contributed by atoms with Gasteiger partial charge in [0.05, 0.1) is 11.3 Å². The normalized spacial score (nSPS) is 21.5. The lowest BCUT2D eigenvalue weighted by atomic mass is 9.81. The number of fused-ring (bicyclic) bond motifs is 1. The highest BCUT2D eigenvalue weighted by molar-refractivity contribution is 5.95. The number of nitrogens with one attached hydrogen (secondary N) is 1. The highest BCUT2D eigenvalue weighted by Crippen LogP contribution is 2.40. The van der Waals surface area contributed by atoms with Crippen molar-refractivity contribution in [3.63, 3.8) is 0 Å². The molecule has 1 aromatic rings. The van der Waals surface area contributed by atoms with E-state index >= 15 is 0 Å². The minimum absolute atomic E-state index is 0.0135. The third kappa shape index (κ3) is 2.12. The fraction of sp³-hybridized carbons (Fsp3) is 0.462. The maximum absolute atomic E-state index is 13.4. The molecule has 2 N–H and O–H groups in total. The fourth-order valence-corrected chi connectivity index (χ4v) is 2.59. The summed E-state index contributed by atoms with van der Waals surface area (Å²) >= 11 is 0. The van der Waals surface area contributed by atoms with E-state index in [1.54, 1.807) is 0 Å². The standard InChI is InChI=1S/C13H16FNO2/c1-7-6-13(2,3)15-11-9(7)4-8(14)5-10(11)12(16)17/h4-5,7,15H,6H2,1-3H3,(H,16,17). The number of hydrogen-bond donors (Lipinski definition) is 2. The van der Waals surface area contributed by atoms with Crippen LogP contribution < -0.4 is 5.32 Å². The summed E-state index contributed by atoms with van der Waals surface area (Å²) in [6, 6.07) is 2.50. The molecular weight excluding hydrogens is 221 g/mol. The summed E-state index contributed by atoms with van der Waals surface area (Å²) in [6.45, 7) is 6.02. The van der Waals surface area contributed by atoms with Crippen molar-refractivity contribution in [2.45, 2.75) is 38.6 Å². The SMILES string of the molecule is CC1CC(C)(C)Nc2c(C(=O)O)cc(F)cc21. The van der Waals surface area contributed by atoms with Crippen molar-refractivity contribution in [2.75, 3.05) is 5.32 Å². The topological polar surface area (TPSA) is 49.3 Å². The molecule has 17 heavy (non-hydrogen) atoms. The average molecular weight is 237 g/mol. The molecule has 0 fully saturated rings. The molecule has 92 valence electrons. The Hall–Kier alpha value is -1.58. The summed E-state index contributed by atoms with van der Waals surface area (Å²) in [6.07, 6.45) is 0.850. The first kappa shape index (κ1) is 11.9. The molecule has 1 heterocycles. The molecule has 1 aliphatic rings. The van der Waals surface area contributed by atoms with Gasteiger partial charge in [-0.25, -0.2) is 9.18 Å². The van der Waals surface area contributed by atoms with Crippen molar-refractivity contribution in [1.82, 2.24) is 0 Å². The highest BCUT2D eigenvalue weighted by atomic mass is 19.1. The molecule has 0 radical (unpaired) electrons. The second-order valence-electron chi connectivity index (χ2n) is 5.34. The van der Waals surface area contributed by atoms with Gasteiger partial charge in [0.25, 0.3) is 0 Å². The van der Waals surface area contributed by atoms with Gasteiger partial charge in [0.1, 0.15) is 5.82 Å². The molecule has 0 aromatic heterocycles. The van der Waals surface area contributed by atoms with E-state index in [-0.39, 0.29) is 17.0 Å². The monoisotopic (exact) mass is 237 g/mol. The molecule has 0 aliphatic carbocycles. The lowest BCUT2D eigenvalue weighted by molar-refractivity contribution is 0.0697. The van der Waals surface area contributed by atoms with Crippen molar-refractivity contribution < 1.29 is 14.3 Å². The molecule has 1 aliphatic heterocycles. The summed E-state index contributed by atoms with van der Waals surface area (Å²) in [5.41, 5.74) is 1.15. The number of rotatable bonds is 1. The molecule has 2 rings (SSSR count). The number of hydrogen-bond acceptors (Lipinski definition) is 2. The smallest absolute Gasteiger partial charge is 0.337 e. The number of halogens is 1. The van der Waals surface area contributed by atoms with Crippen molar-refractivity contribution in [3.8, 4) is 0 Å². The van der Waals surface area contributed by atoms with Crippen LogP contribution in [0.4, 0.5) is 10.1 Å². The van der Waals surface area contributed by atoms with Gasteiger partial charge < -0.3 is 10.4 Å². The van der Waals surface area contributed by atoms with E-state index < -0.39 is 11.8 Å².